The number of aromatic nitrogens is 2. The molecule has 1 N–H and O–H groups in total. The van der Waals surface area contributed by atoms with Crippen molar-refractivity contribution in [1.82, 2.24) is 9.97 Å². The van der Waals surface area contributed by atoms with Crippen molar-refractivity contribution in [2.24, 2.45) is 0 Å². The first kappa shape index (κ1) is 21.8. The van der Waals surface area contributed by atoms with Crippen molar-refractivity contribution in [3.05, 3.63) is 57.6 Å². The van der Waals surface area contributed by atoms with Crippen LogP contribution in [0.4, 0.5) is 17.1 Å². The number of H-pyrrole nitrogens is 1. The first-order valence-electron chi connectivity index (χ1n) is 11.1. The van der Waals surface area contributed by atoms with E-state index in [0.717, 1.165) is 66.1 Å². The van der Waals surface area contributed by atoms with Gasteiger partial charge in [0.15, 0.2) is 0 Å². The zero-order valence-electron chi connectivity index (χ0n) is 19.1. The van der Waals surface area contributed by atoms with Gasteiger partial charge in [-0.05, 0) is 63.4 Å². The number of rotatable bonds is 5. The Labute approximate surface area is 188 Å². The summed E-state index contributed by atoms with van der Waals surface area (Å²) in [7, 11) is 1.89. The number of ether oxygens (including phenoxy) is 1. The Bertz CT molecular complexity index is 1240. The van der Waals surface area contributed by atoms with Gasteiger partial charge in [0.25, 0.3) is 5.56 Å². The van der Waals surface area contributed by atoms with E-state index < -0.39 is 0 Å². The third kappa shape index (κ3) is 3.94. The van der Waals surface area contributed by atoms with Crippen LogP contribution in [0.1, 0.15) is 36.6 Å². The predicted octanol–water partition coefficient (Wildman–Crippen LogP) is 4.18. The van der Waals surface area contributed by atoms with Crippen LogP contribution in [0, 0.1) is 25.2 Å². The number of nitrogens with zero attached hydrogens (tertiary/aromatic N) is 4. The molecule has 32 heavy (non-hydrogen) atoms. The monoisotopic (exact) mass is 431 g/mol. The average Bonchev–Trinajstić information content (AvgIpc) is 2.79. The highest BCUT2D eigenvalue weighted by Gasteiger charge is 2.24. The Morgan fingerprint density at radius 3 is 2.62 bits per heavy atom. The number of hydrogen-bond acceptors (Lipinski definition) is 6. The molecule has 1 aliphatic rings. The fraction of sp³-hybridized carbons (Fsp3) is 0.400. The topological polar surface area (TPSA) is 85.3 Å². The first-order chi connectivity index (χ1) is 15.4. The summed E-state index contributed by atoms with van der Waals surface area (Å²) >= 11 is 0. The number of benzene rings is 1. The van der Waals surface area contributed by atoms with Crippen molar-refractivity contribution in [3.63, 3.8) is 0 Å². The third-order valence-electron chi connectivity index (χ3n) is 6.24. The number of hydrogen-bond donors (Lipinski definition) is 1. The van der Waals surface area contributed by atoms with E-state index in [9.17, 15) is 10.1 Å². The predicted molar refractivity (Wildman–Crippen MR) is 128 cm³/mol. The van der Waals surface area contributed by atoms with Gasteiger partial charge in [-0.2, -0.15) is 5.26 Å². The largest absolute Gasteiger partial charge is 0.381 e. The van der Waals surface area contributed by atoms with Crippen LogP contribution < -0.4 is 15.4 Å². The fourth-order valence-electron chi connectivity index (χ4n) is 4.80. The second kappa shape index (κ2) is 9.01. The molecular weight excluding hydrogens is 402 g/mol. The van der Waals surface area contributed by atoms with Gasteiger partial charge in [-0.15, -0.1) is 0 Å². The highest BCUT2D eigenvalue weighted by atomic mass is 16.5. The minimum atomic E-state index is -0.135. The van der Waals surface area contributed by atoms with Gasteiger partial charge in [0.05, 0.1) is 28.5 Å². The van der Waals surface area contributed by atoms with Crippen molar-refractivity contribution in [2.45, 2.75) is 39.7 Å². The number of nitriles is 1. The van der Waals surface area contributed by atoms with Gasteiger partial charge >= 0.3 is 0 Å². The molecule has 1 aliphatic heterocycles. The van der Waals surface area contributed by atoms with E-state index >= 15 is 0 Å². The Kier molecular flexibility index (Phi) is 6.15. The van der Waals surface area contributed by atoms with Crippen LogP contribution in [-0.4, -0.2) is 42.8 Å². The molecule has 0 atom stereocenters. The molecule has 0 aliphatic carbocycles. The summed E-state index contributed by atoms with van der Waals surface area (Å²) < 4.78 is 5.56. The highest BCUT2D eigenvalue weighted by Crippen LogP contribution is 2.37. The quantitative estimate of drug-likeness (QED) is 0.652. The van der Waals surface area contributed by atoms with E-state index in [1.54, 1.807) is 6.20 Å². The molecule has 0 amide bonds. The zero-order valence-corrected chi connectivity index (χ0v) is 19.1. The fourth-order valence-corrected chi connectivity index (χ4v) is 4.80. The number of aromatic amines is 1. The van der Waals surface area contributed by atoms with Crippen LogP contribution in [0.5, 0.6) is 0 Å². The van der Waals surface area contributed by atoms with Crippen molar-refractivity contribution in [2.75, 3.05) is 36.6 Å². The second-order valence-corrected chi connectivity index (χ2v) is 8.34. The molecule has 0 unspecified atom stereocenters. The van der Waals surface area contributed by atoms with E-state index in [4.69, 9.17) is 9.72 Å². The van der Waals surface area contributed by atoms with Crippen LogP contribution in [0.25, 0.3) is 10.9 Å². The van der Waals surface area contributed by atoms with E-state index in [0.29, 0.717) is 17.3 Å². The summed E-state index contributed by atoms with van der Waals surface area (Å²) in [4.78, 5) is 24.6. The van der Waals surface area contributed by atoms with Crippen molar-refractivity contribution >= 4 is 28.0 Å². The molecule has 7 heteroatoms. The molecule has 1 fully saturated rings. The molecule has 1 aromatic carbocycles. The minimum Gasteiger partial charge on any atom is -0.381 e. The number of nitrogens with one attached hydrogen (secondary N) is 1. The summed E-state index contributed by atoms with van der Waals surface area (Å²) in [5.41, 5.74) is 5.39. The Hall–Kier alpha value is -3.37. The summed E-state index contributed by atoms with van der Waals surface area (Å²) in [6, 6.07) is 10.3. The lowest BCUT2D eigenvalue weighted by atomic mass is 10.0. The molecule has 0 saturated carbocycles. The summed E-state index contributed by atoms with van der Waals surface area (Å²) in [5, 5.41) is 10.6. The molecule has 0 radical (unpaired) electrons. The van der Waals surface area contributed by atoms with E-state index in [2.05, 4.69) is 22.9 Å². The van der Waals surface area contributed by atoms with E-state index in [-0.39, 0.29) is 5.56 Å². The van der Waals surface area contributed by atoms with Gasteiger partial charge in [0.2, 0.25) is 0 Å². The van der Waals surface area contributed by atoms with Crippen molar-refractivity contribution < 1.29 is 4.74 Å². The number of aryl methyl sites for hydroxylation is 2. The SMILES string of the molecule is CCN(c1cc(C#N)cc2c(N(C)c3c(C)cc(C)[nH]c3=O)ccnc12)C1CCOCC1. The van der Waals surface area contributed by atoms with Gasteiger partial charge in [0, 0.05) is 50.1 Å². The Morgan fingerprint density at radius 2 is 1.97 bits per heavy atom. The summed E-state index contributed by atoms with van der Waals surface area (Å²) in [6.45, 7) is 8.25. The van der Waals surface area contributed by atoms with Gasteiger partial charge in [-0.3, -0.25) is 9.78 Å². The molecule has 1 saturated heterocycles. The molecule has 0 bridgehead atoms. The summed E-state index contributed by atoms with van der Waals surface area (Å²) in [5.74, 6) is 0. The van der Waals surface area contributed by atoms with Gasteiger partial charge < -0.3 is 19.5 Å². The van der Waals surface area contributed by atoms with Gasteiger partial charge in [-0.25, -0.2) is 0 Å². The Morgan fingerprint density at radius 1 is 1.22 bits per heavy atom. The average molecular weight is 432 g/mol. The van der Waals surface area contributed by atoms with Crippen molar-refractivity contribution in [1.29, 1.82) is 5.26 Å². The van der Waals surface area contributed by atoms with Crippen molar-refractivity contribution in [3.8, 4) is 6.07 Å². The lowest BCUT2D eigenvalue weighted by Gasteiger charge is -2.36. The van der Waals surface area contributed by atoms with E-state index in [1.165, 1.54) is 0 Å². The van der Waals surface area contributed by atoms with Crippen LogP contribution in [0.15, 0.2) is 35.3 Å². The molecule has 3 aromatic rings. The van der Waals surface area contributed by atoms with Crippen LogP contribution in [0.2, 0.25) is 0 Å². The van der Waals surface area contributed by atoms with Crippen LogP contribution >= 0.6 is 0 Å². The molecule has 3 heterocycles. The van der Waals surface area contributed by atoms with E-state index in [1.807, 2.05) is 50.1 Å². The molecule has 7 nitrogen and oxygen atoms in total. The maximum Gasteiger partial charge on any atom is 0.272 e. The molecule has 166 valence electrons. The number of anilines is 3. The molecular formula is C25H29N5O2. The zero-order chi connectivity index (χ0) is 22.8. The third-order valence-corrected chi connectivity index (χ3v) is 6.24. The maximum atomic E-state index is 12.8. The highest BCUT2D eigenvalue weighted by molar-refractivity contribution is 6.01. The minimum absolute atomic E-state index is 0.135. The normalized spacial score (nSPS) is 14.3. The molecule has 0 spiro atoms. The van der Waals surface area contributed by atoms with Gasteiger partial charge in [0.1, 0.15) is 5.69 Å². The Balaban J connectivity index is 1.91. The van der Waals surface area contributed by atoms with Gasteiger partial charge in [-0.1, -0.05) is 0 Å². The smallest absolute Gasteiger partial charge is 0.272 e. The second-order valence-electron chi connectivity index (χ2n) is 8.34. The molecule has 2 aromatic heterocycles. The maximum absolute atomic E-state index is 12.8. The first-order valence-corrected chi connectivity index (χ1v) is 11.1. The number of pyridine rings is 2. The van der Waals surface area contributed by atoms with Crippen LogP contribution in [-0.2, 0) is 4.74 Å². The lowest BCUT2D eigenvalue weighted by molar-refractivity contribution is 0.0847. The lowest BCUT2D eigenvalue weighted by Crippen LogP contribution is -2.39. The van der Waals surface area contributed by atoms with Crippen LogP contribution in [0.3, 0.4) is 0 Å². The number of fused-ring (bicyclic) bond motifs is 1. The standard InChI is InChI=1S/C25H29N5O2/c1-5-30(19-7-10-32-11-8-19)22-14-18(15-26)13-20-21(6-9-27-23(20)22)29(4)24-16(2)12-17(3)28-25(24)31/h6,9,12-14,19H,5,7-8,10-11H2,1-4H3,(H,28,31). The molecule has 4 rings (SSSR count). The summed E-state index contributed by atoms with van der Waals surface area (Å²) in [6.07, 6.45) is 3.67.